The van der Waals surface area contributed by atoms with E-state index in [9.17, 15) is 22.8 Å². The minimum Gasteiger partial charge on any atom is -0.481 e. The summed E-state index contributed by atoms with van der Waals surface area (Å²) in [4.78, 5) is 24.4. The molecule has 2 amide bonds. The summed E-state index contributed by atoms with van der Waals surface area (Å²) in [6.07, 6.45) is -1.27. The molecule has 0 heterocycles. The summed E-state index contributed by atoms with van der Waals surface area (Å²) in [5, 5.41) is 11.7. The van der Waals surface area contributed by atoms with E-state index in [0.29, 0.717) is 38.1 Å². The van der Waals surface area contributed by atoms with Gasteiger partial charge in [0.1, 0.15) is 0 Å². The molecule has 0 bridgehead atoms. The zero-order chi connectivity index (χ0) is 17.0. The van der Waals surface area contributed by atoms with E-state index in [-0.39, 0.29) is 18.5 Å². The Hall–Kier alpha value is -1.47. The Kier molecular flexibility index (Phi) is 5.75. The number of nitrogens with zero attached hydrogens (tertiary/aromatic N) is 1. The van der Waals surface area contributed by atoms with Gasteiger partial charge in [0, 0.05) is 19.1 Å². The van der Waals surface area contributed by atoms with Crippen LogP contribution in [0.25, 0.3) is 0 Å². The van der Waals surface area contributed by atoms with Gasteiger partial charge in [0.2, 0.25) is 0 Å². The summed E-state index contributed by atoms with van der Waals surface area (Å²) < 4.78 is 37.2. The number of carboxylic acid groups (broad SMARTS) is 1. The average molecular weight is 336 g/mol. The molecule has 0 unspecified atom stereocenters. The summed E-state index contributed by atoms with van der Waals surface area (Å²) in [5.74, 6) is -0.886. The van der Waals surface area contributed by atoms with Crippen molar-refractivity contribution < 1.29 is 27.9 Å². The molecule has 2 aliphatic rings. The molecule has 2 aliphatic carbocycles. The molecule has 0 aromatic heterocycles. The third-order valence-electron chi connectivity index (χ3n) is 4.53. The SMILES string of the molecule is O=C(O)C1CCC(NC(=O)N(CCC(F)(F)F)CC2CC2)CC1. The van der Waals surface area contributed by atoms with Gasteiger partial charge in [-0.2, -0.15) is 13.2 Å². The van der Waals surface area contributed by atoms with Crippen molar-refractivity contribution >= 4 is 12.0 Å². The maximum atomic E-state index is 12.4. The van der Waals surface area contributed by atoms with Crippen LogP contribution in [-0.4, -0.2) is 47.3 Å². The highest BCUT2D eigenvalue weighted by Gasteiger charge is 2.33. The van der Waals surface area contributed by atoms with Gasteiger partial charge in [-0.25, -0.2) is 4.79 Å². The topological polar surface area (TPSA) is 69.6 Å². The minimum absolute atomic E-state index is 0.148. The number of carbonyl (C=O) groups excluding carboxylic acids is 1. The van der Waals surface area contributed by atoms with Crippen LogP contribution in [0.15, 0.2) is 0 Å². The molecule has 8 heteroatoms. The van der Waals surface area contributed by atoms with Crippen LogP contribution in [0.3, 0.4) is 0 Å². The number of aliphatic carboxylic acids is 1. The fourth-order valence-corrected chi connectivity index (χ4v) is 2.90. The van der Waals surface area contributed by atoms with Crippen LogP contribution < -0.4 is 5.32 Å². The van der Waals surface area contributed by atoms with E-state index in [1.54, 1.807) is 0 Å². The van der Waals surface area contributed by atoms with E-state index in [2.05, 4.69) is 5.32 Å². The second-order valence-electron chi connectivity index (χ2n) is 6.59. The summed E-state index contributed by atoms with van der Waals surface area (Å²) >= 11 is 0. The van der Waals surface area contributed by atoms with E-state index in [1.165, 1.54) is 4.90 Å². The van der Waals surface area contributed by atoms with Gasteiger partial charge in [-0.3, -0.25) is 4.79 Å². The van der Waals surface area contributed by atoms with Crippen molar-refractivity contribution in [2.75, 3.05) is 13.1 Å². The molecule has 2 rings (SSSR count). The molecule has 0 aromatic rings. The molecule has 0 saturated heterocycles. The monoisotopic (exact) mass is 336 g/mol. The normalized spacial score (nSPS) is 25.0. The predicted octanol–water partition coefficient (Wildman–Crippen LogP) is 3.00. The number of hydrogen-bond acceptors (Lipinski definition) is 2. The summed E-state index contributed by atoms with van der Waals surface area (Å²) in [7, 11) is 0. The van der Waals surface area contributed by atoms with Crippen LogP contribution in [0, 0.1) is 11.8 Å². The van der Waals surface area contributed by atoms with Crippen molar-refractivity contribution in [2.45, 2.75) is 57.2 Å². The number of amides is 2. The van der Waals surface area contributed by atoms with Gasteiger partial charge in [0.05, 0.1) is 12.3 Å². The molecular weight excluding hydrogens is 313 g/mol. The molecule has 2 fully saturated rings. The van der Waals surface area contributed by atoms with Crippen LogP contribution in [0.4, 0.5) is 18.0 Å². The molecule has 0 aliphatic heterocycles. The number of carboxylic acids is 1. The van der Waals surface area contributed by atoms with E-state index in [4.69, 9.17) is 5.11 Å². The second kappa shape index (κ2) is 7.40. The third kappa shape index (κ3) is 6.27. The van der Waals surface area contributed by atoms with Gasteiger partial charge in [0.25, 0.3) is 0 Å². The fraction of sp³-hybridized carbons (Fsp3) is 0.867. The van der Waals surface area contributed by atoms with Gasteiger partial charge in [-0.05, 0) is 44.4 Å². The quantitative estimate of drug-likeness (QED) is 0.783. The van der Waals surface area contributed by atoms with E-state index < -0.39 is 24.6 Å². The van der Waals surface area contributed by atoms with E-state index >= 15 is 0 Å². The van der Waals surface area contributed by atoms with Crippen molar-refractivity contribution in [3.8, 4) is 0 Å². The van der Waals surface area contributed by atoms with Gasteiger partial charge >= 0.3 is 18.2 Å². The first-order valence-corrected chi connectivity index (χ1v) is 8.09. The van der Waals surface area contributed by atoms with Crippen LogP contribution in [0.2, 0.25) is 0 Å². The number of rotatable bonds is 6. The Balaban J connectivity index is 1.81. The number of halogens is 3. The second-order valence-corrected chi connectivity index (χ2v) is 6.59. The first-order valence-electron chi connectivity index (χ1n) is 8.09. The van der Waals surface area contributed by atoms with Crippen LogP contribution >= 0.6 is 0 Å². The Morgan fingerprint density at radius 1 is 1.09 bits per heavy atom. The number of alkyl halides is 3. The number of carbonyl (C=O) groups is 2. The molecule has 5 nitrogen and oxygen atoms in total. The Labute approximate surface area is 133 Å². The van der Waals surface area contributed by atoms with Crippen molar-refractivity contribution in [3.63, 3.8) is 0 Å². The molecular formula is C15H23F3N2O3. The first-order chi connectivity index (χ1) is 10.7. The molecule has 0 spiro atoms. The maximum Gasteiger partial charge on any atom is 0.390 e. The zero-order valence-electron chi connectivity index (χ0n) is 12.9. The lowest BCUT2D eigenvalue weighted by Gasteiger charge is -2.30. The number of nitrogens with one attached hydrogen (secondary N) is 1. The summed E-state index contributed by atoms with van der Waals surface area (Å²) in [6, 6.07) is -0.606. The minimum atomic E-state index is -4.28. The van der Waals surface area contributed by atoms with Crippen molar-refractivity contribution in [2.24, 2.45) is 11.8 Å². The standard InChI is InChI=1S/C15H23F3N2O3/c16-15(17,18)7-8-20(9-10-1-2-10)14(23)19-12-5-3-11(4-6-12)13(21)22/h10-12H,1-9H2,(H,19,23)(H,21,22). The number of hydrogen-bond donors (Lipinski definition) is 2. The zero-order valence-corrected chi connectivity index (χ0v) is 12.9. The Bertz CT molecular complexity index is 430. The lowest BCUT2D eigenvalue weighted by molar-refractivity contribution is -0.142. The largest absolute Gasteiger partial charge is 0.481 e. The smallest absolute Gasteiger partial charge is 0.390 e. The van der Waals surface area contributed by atoms with E-state index in [1.807, 2.05) is 0 Å². The molecule has 2 N–H and O–H groups in total. The highest BCUT2D eigenvalue weighted by Crippen LogP contribution is 2.31. The van der Waals surface area contributed by atoms with Crippen molar-refractivity contribution in [1.29, 1.82) is 0 Å². The van der Waals surface area contributed by atoms with Crippen molar-refractivity contribution in [1.82, 2.24) is 10.2 Å². The van der Waals surface area contributed by atoms with Gasteiger partial charge in [-0.15, -0.1) is 0 Å². The van der Waals surface area contributed by atoms with Crippen molar-refractivity contribution in [3.05, 3.63) is 0 Å². The molecule has 132 valence electrons. The Morgan fingerprint density at radius 2 is 1.70 bits per heavy atom. The van der Waals surface area contributed by atoms with Gasteiger partial charge in [-0.1, -0.05) is 0 Å². The van der Waals surface area contributed by atoms with Gasteiger partial charge in [0.15, 0.2) is 0 Å². The fourth-order valence-electron chi connectivity index (χ4n) is 2.90. The molecule has 23 heavy (non-hydrogen) atoms. The molecule has 0 aromatic carbocycles. The highest BCUT2D eigenvalue weighted by atomic mass is 19.4. The highest BCUT2D eigenvalue weighted by molar-refractivity contribution is 5.74. The maximum absolute atomic E-state index is 12.4. The van der Waals surface area contributed by atoms with Gasteiger partial charge < -0.3 is 15.3 Å². The predicted molar refractivity (Wildman–Crippen MR) is 76.9 cm³/mol. The average Bonchev–Trinajstić information content (AvgIpc) is 3.27. The number of urea groups is 1. The third-order valence-corrected chi connectivity index (χ3v) is 4.53. The molecule has 0 atom stereocenters. The summed E-state index contributed by atoms with van der Waals surface area (Å²) in [5.41, 5.74) is 0. The lowest BCUT2D eigenvalue weighted by atomic mass is 9.86. The first kappa shape index (κ1) is 17.9. The summed E-state index contributed by atoms with van der Waals surface area (Å²) in [6.45, 7) is 0.0443. The Morgan fingerprint density at radius 3 is 2.17 bits per heavy atom. The van der Waals surface area contributed by atoms with Crippen LogP contribution in [0.5, 0.6) is 0 Å². The van der Waals surface area contributed by atoms with E-state index in [0.717, 1.165) is 12.8 Å². The molecule has 2 saturated carbocycles. The van der Waals surface area contributed by atoms with Crippen LogP contribution in [-0.2, 0) is 4.79 Å². The lowest BCUT2D eigenvalue weighted by Crippen LogP contribution is -2.47. The molecule has 0 radical (unpaired) electrons. The van der Waals surface area contributed by atoms with Crippen LogP contribution in [0.1, 0.15) is 44.9 Å².